The molecule has 6 atom stereocenters. The molecule has 8 rings (SSSR count). The maximum Gasteiger partial charge on any atom is 0.261 e. The first kappa shape index (κ1) is 33.2. The molecule has 1 aromatic heterocycles. The molecule has 0 amide bonds. The number of aliphatic hydroxyl groups is 1. The lowest BCUT2D eigenvalue weighted by atomic mass is 9.45. The highest BCUT2D eigenvalue weighted by molar-refractivity contribution is 5.96. The maximum atomic E-state index is 14.1. The number of piperidine rings is 1. The molecule has 10 heteroatoms. The van der Waals surface area contributed by atoms with Crippen LogP contribution >= 0.6 is 0 Å². The fourth-order valence-electron chi connectivity index (χ4n) is 8.86. The van der Waals surface area contributed by atoms with Gasteiger partial charge in [-0.3, -0.25) is 14.3 Å². The van der Waals surface area contributed by atoms with Crippen LogP contribution in [0.3, 0.4) is 0 Å². The summed E-state index contributed by atoms with van der Waals surface area (Å²) in [5.74, 6) is 3.29. The van der Waals surface area contributed by atoms with Crippen molar-refractivity contribution < 1.29 is 9.50 Å². The Labute approximate surface area is 283 Å². The highest BCUT2D eigenvalue weighted by Crippen LogP contribution is 2.61. The molecule has 3 aliphatic carbocycles. The lowest BCUT2D eigenvalue weighted by Gasteiger charge is -2.61. The number of β-amino-alcohol motifs (C(OH)–C–C–N with tert-alkyl or cyclic N) is 1. The van der Waals surface area contributed by atoms with Crippen molar-refractivity contribution in [2.75, 3.05) is 38.0 Å². The van der Waals surface area contributed by atoms with E-state index in [4.69, 9.17) is 9.98 Å². The molecule has 5 fully saturated rings. The van der Waals surface area contributed by atoms with Crippen LogP contribution in [0.1, 0.15) is 64.8 Å². The van der Waals surface area contributed by atoms with Crippen molar-refractivity contribution in [3.05, 3.63) is 70.0 Å². The summed E-state index contributed by atoms with van der Waals surface area (Å²) in [6, 6.07) is 12.9. The number of fused-ring (bicyclic) bond motifs is 3. The normalized spacial score (nSPS) is 29.1. The van der Waals surface area contributed by atoms with E-state index >= 15 is 0 Å². The van der Waals surface area contributed by atoms with E-state index in [-0.39, 0.29) is 23.5 Å². The van der Waals surface area contributed by atoms with Crippen LogP contribution in [0.2, 0.25) is 0 Å². The zero-order valence-electron chi connectivity index (χ0n) is 29.0. The standard InChI is InChI=1S/C38H52FN7O2/c1-24-21-45(17-14-40-24)37(43-33-19-27-18-32(25(33)2)38(27,3)4)41-29-11-12-31-34(20-29)42-35(23-44-15-5-6-30(47)22-44)46(36(31)48)16-13-26-7-9-28(39)10-8-26/h7-12,20,24-25,27,30,32-33,40,47H,5-6,13-19,21-23H2,1-4H3,(H,41,43)/t24-,25-,27?,30?,32-,33-/m0/s1. The summed E-state index contributed by atoms with van der Waals surface area (Å²) in [6.45, 7) is 14.5. The molecule has 3 heterocycles. The molecule has 0 spiro atoms. The first-order valence-corrected chi connectivity index (χ1v) is 18.1. The minimum Gasteiger partial charge on any atom is -0.392 e. The summed E-state index contributed by atoms with van der Waals surface area (Å²) in [6.07, 6.45) is 4.37. The number of aliphatic hydroxyl groups excluding tert-OH is 1. The van der Waals surface area contributed by atoms with Gasteiger partial charge in [0.2, 0.25) is 0 Å². The third kappa shape index (κ3) is 6.76. The number of nitrogens with zero attached hydrogens (tertiary/aromatic N) is 5. The van der Waals surface area contributed by atoms with Crippen LogP contribution in [-0.4, -0.2) is 81.3 Å². The Morgan fingerprint density at radius 3 is 2.67 bits per heavy atom. The molecule has 0 radical (unpaired) electrons. The average molecular weight is 658 g/mol. The summed E-state index contributed by atoms with van der Waals surface area (Å²) >= 11 is 0. The number of hydrogen-bond acceptors (Lipinski definition) is 6. The number of rotatable bonds is 7. The van der Waals surface area contributed by atoms with E-state index in [9.17, 15) is 14.3 Å². The first-order chi connectivity index (χ1) is 23.0. The van der Waals surface area contributed by atoms with Crippen molar-refractivity contribution in [2.45, 2.75) is 91.1 Å². The molecule has 48 heavy (non-hydrogen) atoms. The van der Waals surface area contributed by atoms with E-state index < -0.39 is 0 Å². The molecular weight excluding hydrogens is 605 g/mol. The molecule has 3 N–H and O–H groups in total. The van der Waals surface area contributed by atoms with Gasteiger partial charge in [0.25, 0.3) is 5.56 Å². The second kappa shape index (κ2) is 13.5. The fraction of sp³-hybridized carbons (Fsp3) is 0.605. The molecule has 258 valence electrons. The van der Waals surface area contributed by atoms with Gasteiger partial charge in [-0.2, -0.15) is 0 Å². The summed E-state index contributed by atoms with van der Waals surface area (Å²) in [7, 11) is 0. The van der Waals surface area contributed by atoms with Gasteiger partial charge >= 0.3 is 0 Å². The van der Waals surface area contributed by atoms with E-state index in [1.54, 1.807) is 16.7 Å². The Morgan fingerprint density at radius 1 is 1.12 bits per heavy atom. The third-order valence-electron chi connectivity index (χ3n) is 11.9. The number of guanidine groups is 1. The van der Waals surface area contributed by atoms with E-state index in [0.717, 1.165) is 68.6 Å². The van der Waals surface area contributed by atoms with E-state index in [0.29, 0.717) is 66.1 Å². The van der Waals surface area contributed by atoms with Gasteiger partial charge in [0.05, 0.1) is 29.6 Å². The number of hydrogen-bond donors (Lipinski definition) is 3. The molecule has 2 unspecified atom stereocenters. The van der Waals surface area contributed by atoms with E-state index in [2.05, 4.69) is 48.1 Å². The lowest BCUT2D eigenvalue weighted by Crippen LogP contribution is -2.57. The molecule has 2 aromatic carbocycles. The molecule has 5 aliphatic rings. The van der Waals surface area contributed by atoms with Crippen molar-refractivity contribution in [3.63, 3.8) is 0 Å². The number of halogens is 1. The number of benzene rings is 2. The molecular formula is C38H52FN7O2. The lowest BCUT2D eigenvalue weighted by molar-refractivity contribution is -0.108. The minimum atomic E-state index is -0.372. The van der Waals surface area contributed by atoms with Crippen molar-refractivity contribution in [3.8, 4) is 0 Å². The van der Waals surface area contributed by atoms with Gasteiger partial charge in [0, 0.05) is 44.5 Å². The number of aromatic nitrogens is 2. The average Bonchev–Trinajstić information content (AvgIpc) is 3.05. The van der Waals surface area contributed by atoms with Gasteiger partial charge in [-0.1, -0.05) is 32.9 Å². The summed E-state index contributed by atoms with van der Waals surface area (Å²) in [5, 5.41) is 18.2. The monoisotopic (exact) mass is 657 g/mol. The topological polar surface area (TPSA) is 98.0 Å². The van der Waals surface area contributed by atoms with Crippen molar-refractivity contribution in [1.82, 2.24) is 24.7 Å². The third-order valence-corrected chi connectivity index (χ3v) is 11.9. The Bertz CT molecular complexity index is 1710. The van der Waals surface area contributed by atoms with Gasteiger partial charge in [0.1, 0.15) is 11.6 Å². The van der Waals surface area contributed by atoms with E-state index in [1.807, 2.05) is 18.2 Å². The number of piperazine rings is 1. The predicted octanol–water partition coefficient (Wildman–Crippen LogP) is 4.87. The van der Waals surface area contributed by atoms with Crippen LogP contribution < -0.4 is 16.2 Å². The molecule has 3 aromatic rings. The molecule has 2 saturated heterocycles. The summed E-state index contributed by atoms with van der Waals surface area (Å²) in [4.78, 5) is 29.2. The molecule has 2 aliphatic heterocycles. The Hall–Kier alpha value is -3.34. The van der Waals surface area contributed by atoms with Gasteiger partial charge in [0.15, 0.2) is 5.96 Å². The Balaban J connectivity index is 1.20. The van der Waals surface area contributed by atoms with Crippen LogP contribution in [0.4, 0.5) is 10.1 Å². The zero-order valence-corrected chi connectivity index (χ0v) is 29.0. The smallest absolute Gasteiger partial charge is 0.261 e. The van der Waals surface area contributed by atoms with Crippen molar-refractivity contribution in [1.29, 1.82) is 0 Å². The summed E-state index contributed by atoms with van der Waals surface area (Å²) < 4.78 is 15.3. The van der Waals surface area contributed by atoms with Gasteiger partial charge in [-0.05, 0) is 105 Å². The molecule has 9 nitrogen and oxygen atoms in total. The van der Waals surface area contributed by atoms with Gasteiger partial charge < -0.3 is 20.6 Å². The largest absolute Gasteiger partial charge is 0.392 e. The summed E-state index contributed by atoms with van der Waals surface area (Å²) in [5.41, 5.74) is 2.81. The molecule has 3 saturated carbocycles. The molecule has 2 bridgehead atoms. The van der Waals surface area contributed by atoms with Crippen molar-refractivity contribution in [2.24, 2.45) is 28.2 Å². The fourth-order valence-corrected chi connectivity index (χ4v) is 8.86. The number of anilines is 1. The number of aryl methyl sites for hydroxylation is 1. The minimum absolute atomic E-state index is 0.0797. The van der Waals surface area contributed by atoms with Crippen molar-refractivity contribution >= 4 is 22.5 Å². The number of aliphatic imine (C=N–C) groups is 1. The Morgan fingerprint density at radius 2 is 1.94 bits per heavy atom. The SMILES string of the molecule is C[C@@H]1[C@@H](N=C(Nc2ccc3c(=O)n(CCc4ccc(F)cc4)c(CN4CCCC(O)C4)nc3c2)N2CCN[C@@H](C)C2)CC2C[C@@H]1C2(C)C. The Kier molecular flexibility index (Phi) is 9.34. The highest BCUT2D eigenvalue weighted by atomic mass is 19.1. The number of likely N-dealkylation sites (tertiary alicyclic amines) is 1. The van der Waals surface area contributed by atoms with Gasteiger partial charge in [-0.15, -0.1) is 0 Å². The quantitative estimate of drug-likeness (QED) is 0.247. The van der Waals surface area contributed by atoms with E-state index in [1.165, 1.54) is 18.6 Å². The predicted molar refractivity (Wildman–Crippen MR) is 190 cm³/mol. The second-order valence-corrected chi connectivity index (χ2v) is 15.5. The first-order valence-electron chi connectivity index (χ1n) is 18.1. The van der Waals surface area contributed by atoms with Crippen LogP contribution in [0, 0.1) is 29.0 Å². The highest BCUT2D eigenvalue weighted by Gasteiger charge is 2.56. The van der Waals surface area contributed by atoms with Crippen LogP contribution in [0.25, 0.3) is 10.9 Å². The second-order valence-electron chi connectivity index (χ2n) is 15.5. The number of nitrogens with one attached hydrogen (secondary N) is 2. The van der Waals surface area contributed by atoms with Crippen LogP contribution in [0.5, 0.6) is 0 Å². The van der Waals surface area contributed by atoms with Crippen LogP contribution in [0.15, 0.2) is 52.3 Å². The maximum absolute atomic E-state index is 14.1. The zero-order chi connectivity index (χ0) is 33.6. The van der Waals surface area contributed by atoms with Crippen LogP contribution in [-0.2, 0) is 19.5 Å². The van der Waals surface area contributed by atoms with Gasteiger partial charge in [-0.25, -0.2) is 14.4 Å².